The molecule has 0 saturated heterocycles. The number of ether oxygens (including phenoxy) is 1. The first kappa shape index (κ1) is 11.4. The van der Waals surface area contributed by atoms with E-state index in [2.05, 4.69) is 4.74 Å². The molecule has 4 nitrogen and oxygen atoms in total. The Morgan fingerprint density at radius 2 is 2.17 bits per heavy atom. The monoisotopic (exact) mass is 175 g/mol. The Morgan fingerprint density at radius 1 is 1.58 bits per heavy atom. The van der Waals surface area contributed by atoms with Gasteiger partial charge in [0.15, 0.2) is 0 Å². The van der Waals surface area contributed by atoms with Gasteiger partial charge in [-0.25, -0.2) is 0 Å². The number of esters is 1. The summed E-state index contributed by atoms with van der Waals surface area (Å²) in [6.07, 6.45) is 1.66. The average Bonchev–Trinajstić information content (AvgIpc) is 2.02. The Morgan fingerprint density at radius 3 is 2.58 bits per heavy atom. The first-order valence-corrected chi connectivity index (χ1v) is 4.09. The fourth-order valence-corrected chi connectivity index (χ4v) is 0.902. The van der Waals surface area contributed by atoms with Gasteiger partial charge in [0.1, 0.15) is 6.04 Å². The molecule has 0 saturated carbocycles. The summed E-state index contributed by atoms with van der Waals surface area (Å²) in [5.74, 6) is -0.388. The van der Waals surface area contributed by atoms with Crippen LogP contribution in [0.15, 0.2) is 0 Å². The highest BCUT2D eigenvalue weighted by atomic mass is 16.5. The summed E-state index contributed by atoms with van der Waals surface area (Å²) < 4.78 is 4.44. The second kappa shape index (κ2) is 5.97. The number of hydrogen-bond donors (Lipinski definition) is 2. The summed E-state index contributed by atoms with van der Waals surface area (Å²) in [5, 5.41) is 8.90. The van der Waals surface area contributed by atoms with Crippen LogP contribution < -0.4 is 5.73 Å². The normalized spacial score (nSPS) is 15.3. The van der Waals surface area contributed by atoms with Crippen LogP contribution in [-0.4, -0.2) is 30.3 Å². The topological polar surface area (TPSA) is 72.5 Å². The SMILES string of the molecule is COC(=O)C(N)CCCC(C)O. The molecule has 0 rings (SSSR count). The average molecular weight is 175 g/mol. The van der Waals surface area contributed by atoms with Gasteiger partial charge < -0.3 is 15.6 Å². The molecule has 3 N–H and O–H groups in total. The third-order valence-electron chi connectivity index (χ3n) is 1.64. The van der Waals surface area contributed by atoms with Crippen molar-refractivity contribution in [2.75, 3.05) is 7.11 Å². The first-order valence-electron chi connectivity index (χ1n) is 4.09. The number of carbonyl (C=O) groups excluding carboxylic acids is 1. The van der Waals surface area contributed by atoms with Crippen LogP contribution in [-0.2, 0) is 9.53 Å². The molecule has 2 atom stereocenters. The van der Waals surface area contributed by atoms with Crippen molar-refractivity contribution in [1.29, 1.82) is 0 Å². The van der Waals surface area contributed by atoms with Crippen LogP contribution in [0.2, 0.25) is 0 Å². The molecular formula is C8H17NO3. The highest BCUT2D eigenvalue weighted by Crippen LogP contribution is 2.03. The lowest BCUT2D eigenvalue weighted by atomic mass is 10.1. The van der Waals surface area contributed by atoms with E-state index in [-0.39, 0.29) is 12.1 Å². The van der Waals surface area contributed by atoms with Crippen molar-refractivity contribution < 1.29 is 14.6 Å². The summed E-state index contributed by atoms with van der Waals surface area (Å²) >= 11 is 0. The third kappa shape index (κ3) is 5.09. The maximum atomic E-state index is 10.8. The summed E-state index contributed by atoms with van der Waals surface area (Å²) in [4.78, 5) is 10.8. The molecule has 0 bridgehead atoms. The zero-order chi connectivity index (χ0) is 9.56. The Balaban J connectivity index is 3.43. The van der Waals surface area contributed by atoms with E-state index in [1.165, 1.54) is 7.11 Å². The quantitative estimate of drug-likeness (QED) is 0.578. The molecule has 0 aliphatic carbocycles. The van der Waals surface area contributed by atoms with Crippen LogP contribution in [0.1, 0.15) is 26.2 Å². The van der Waals surface area contributed by atoms with Gasteiger partial charge in [-0.3, -0.25) is 4.79 Å². The van der Waals surface area contributed by atoms with Gasteiger partial charge in [0.2, 0.25) is 0 Å². The lowest BCUT2D eigenvalue weighted by Gasteiger charge is -2.09. The van der Waals surface area contributed by atoms with Gasteiger partial charge in [0.25, 0.3) is 0 Å². The summed E-state index contributed by atoms with van der Waals surface area (Å²) in [6, 6.07) is -0.547. The predicted octanol–water partition coefficient (Wildman–Crippen LogP) is 0.0378. The van der Waals surface area contributed by atoms with Gasteiger partial charge in [0.05, 0.1) is 13.2 Å². The zero-order valence-electron chi connectivity index (χ0n) is 7.62. The largest absolute Gasteiger partial charge is 0.468 e. The maximum Gasteiger partial charge on any atom is 0.322 e. The van der Waals surface area contributed by atoms with Crippen molar-refractivity contribution in [1.82, 2.24) is 0 Å². The molecule has 0 radical (unpaired) electrons. The molecular weight excluding hydrogens is 158 g/mol. The fraction of sp³-hybridized carbons (Fsp3) is 0.875. The molecule has 0 aromatic rings. The number of aliphatic hydroxyl groups excluding tert-OH is 1. The van der Waals surface area contributed by atoms with E-state index in [4.69, 9.17) is 10.8 Å². The van der Waals surface area contributed by atoms with Gasteiger partial charge >= 0.3 is 5.97 Å². The van der Waals surface area contributed by atoms with Gasteiger partial charge in [-0.2, -0.15) is 0 Å². The molecule has 0 aliphatic rings. The highest BCUT2D eigenvalue weighted by molar-refractivity contribution is 5.75. The molecule has 0 aromatic heterocycles. The molecule has 12 heavy (non-hydrogen) atoms. The predicted molar refractivity (Wildman–Crippen MR) is 45.5 cm³/mol. The summed E-state index contributed by atoms with van der Waals surface area (Å²) in [7, 11) is 1.32. The maximum absolute atomic E-state index is 10.8. The smallest absolute Gasteiger partial charge is 0.322 e. The van der Waals surface area contributed by atoms with Crippen LogP contribution >= 0.6 is 0 Å². The zero-order valence-corrected chi connectivity index (χ0v) is 7.62. The highest BCUT2D eigenvalue weighted by Gasteiger charge is 2.12. The molecule has 2 unspecified atom stereocenters. The molecule has 72 valence electrons. The van der Waals surface area contributed by atoms with Gasteiger partial charge in [-0.05, 0) is 26.2 Å². The minimum absolute atomic E-state index is 0.324. The van der Waals surface area contributed by atoms with E-state index in [1.54, 1.807) is 6.92 Å². The molecule has 4 heteroatoms. The van der Waals surface area contributed by atoms with Crippen LogP contribution in [0.25, 0.3) is 0 Å². The number of nitrogens with two attached hydrogens (primary N) is 1. The minimum atomic E-state index is -0.547. The Bertz CT molecular complexity index is 136. The second-order valence-corrected chi connectivity index (χ2v) is 2.91. The molecule has 0 aliphatic heterocycles. The van der Waals surface area contributed by atoms with Crippen LogP contribution in [0.5, 0.6) is 0 Å². The third-order valence-corrected chi connectivity index (χ3v) is 1.64. The van der Waals surface area contributed by atoms with E-state index in [1.807, 2.05) is 0 Å². The molecule has 0 aromatic carbocycles. The Labute approximate surface area is 72.7 Å². The van der Waals surface area contributed by atoms with Crippen LogP contribution in [0, 0.1) is 0 Å². The Hall–Kier alpha value is -0.610. The molecule has 0 fully saturated rings. The Kier molecular flexibility index (Phi) is 5.66. The van der Waals surface area contributed by atoms with E-state index in [0.29, 0.717) is 12.8 Å². The van der Waals surface area contributed by atoms with Crippen molar-refractivity contribution in [3.63, 3.8) is 0 Å². The standard InChI is InChI=1S/C8H17NO3/c1-6(10)4-3-5-7(9)8(11)12-2/h6-7,10H,3-5,9H2,1-2H3. The lowest BCUT2D eigenvalue weighted by Crippen LogP contribution is -2.31. The van der Waals surface area contributed by atoms with Gasteiger partial charge in [0, 0.05) is 0 Å². The number of hydrogen-bond acceptors (Lipinski definition) is 4. The minimum Gasteiger partial charge on any atom is -0.468 e. The number of methoxy groups -OCH3 is 1. The van der Waals surface area contributed by atoms with Crippen molar-refractivity contribution in [3.8, 4) is 0 Å². The summed E-state index contributed by atoms with van der Waals surface area (Å²) in [6.45, 7) is 1.71. The van der Waals surface area contributed by atoms with Gasteiger partial charge in [-0.1, -0.05) is 0 Å². The fourth-order valence-electron chi connectivity index (χ4n) is 0.902. The lowest BCUT2D eigenvalue weighted by molar-refractivity contribution is -0.142. The number of carbonyl (C=O) groups is 1. The molecule has 0 heterocycles. The van der Waals surface area contributed by atoms with Crippen molar-refractivity contribution >= 4 is 5.97 Å². The summed E-state index contributed by atoms with van der Waals surface area (Å²) in [5.41, 5.74) is 5.46. The van der Waals surface area contributed by atoms with Crippen LogP contribution in [0.3, 0.4) is 0 Å². The molecule has 0 amide bonds. The van der Waals surface area contributed by atoms with E-state index in [0.717, 1.165) is 6.42 Å². The molecule has 0 spiro atoms. The van der Waals surface area contributed by atoms with Crippen molar-refractivity contribution in [3.05, 3.63) is 0 Å². The van der Waals surface area contributed by atoms with E-state index >= 15 is 0 Å². The van der Waals surface area contributed by atoms with Crippen molar-refractivity contribution in [2.45, 2.75) is 38.3 Å². The van der Waals surface area contributed by atoms with Gasteiger partial charge in [-0.15, -0.1) is 0 Å². The van der Waals surface area contributed by atoms with E-state index < -0.39 is 6.04 Å². The second-order valence-electron chi connectivity index (χ2n) is 2.91. The number of aliphatic hydroxyl groups is 1. The van der Waals surface area contributed by atoms with Crippen molar-refractivity contribution in [2.24, 2.45) is 5.73 Å². The first-order chi connectivity index (χ1) is 5.57. The number of rotatable bonds is 5. The van der Waals surface area contributed by atoms with Crippen LogP contribution in [0.4, 0.5) is 0 Å². The van der Waals surface area contributed by atoms with E-state index in [9.17, 15) is 4.79 Å².